The van der Waals surface area contributed by atoms with E-state index in [9.17, 15) is 9.59 Å². The van der Waals surface area contributed by atoms with Gasteiger partial charge < -0.3 is 20.9 Å². The zero-order chi connectivity index (χ0) is 18.8. The van der Waals surface area contributed by atoms with Crippen molar-refractivity contribution in [2.75, 3.05) is 17.2 Å². The molecule has 4 rings (SSSR count). The summed E-state index contributed by atoms with van der Waals surface area (Å²) < 4.78 is 0. The van der Waals surface area contributed by atoms with Crippen molar-refractivity contribution < 1.29 is 9.59 Å². The molecular weight excluding hydrogens is 342 g/mol. The van der Waals surface area contributed by atoms with Crippen LogP contribution in [0.25, 0.3) is 11.3 Å². The molecule has 3 aromatic rings. The lowest BCUT2D eigenvalue weighted by Gasteiger charge is -2.14. The van der Waals surface area contributed by atoms with Crippen LogP contribution in [0.3, 0.4) is 0 Å². The standard InChI is InChI=1S/C20H19N5O2/c1-12(26)23-17-9-13(7-8-22-17)19-20(24-14-5-3-2-4-6-14)18-15(25-19)10-21-11-16(18)27/h2-9,21,24-25H,10-11H2,1H3,(H,22,23,26). The largest absolute Gasteiger partial charge is 0.355 e. The molecule has 1 aromatic carbocycles. The summed E-state index contributed by atoms with van der Waals surface area (Å²) in [5.41, 5.74) is 4.76. The summed E-state index contributed by atoms with van der Waals surface area (Å²) in [5, 5.41) is 9.18. The van der Waals surface area contributed by atoms with Crippen LogP contribution in [0.1, 0.15) is 23.0 Å². The number of carbonyl (C=O) groups excluding carboxylic acids is 2. The number of H-pyrrole nitrogens is 1. The highest BCUT2D eigenvalue weighted by Crippen LogP contribution is 2.37. The molecular formula is C20H19N5O2. The van der Waals surface area contributed by atoms with E-state index in [1.807, 2.05) is 36.4 Å². The summed E-state index contributed by atoms with van der Waals surface area (Å²) in [5.74, 6) is 0.309. The zero-order valence-corrected chi connectivity index (χ0v) is 14.8. The van der Waals surface area contributed by atoms with Gasteiger partial charge in [-0.05, 0) is 24.3 Å². The van der Waals surface area contributed by atoms with Gasteiger partial charge in [0.15, 0.2) is 5.78 Å². The lowest BCUT2D eigenvalue weighted by atomic mass is 10.0. The first-order valence-electron chi connectivity index (χ1n) is 8.66. The molecule has 0 unspecified atom stereocenters. The first kappa shape index (κ1) is 17.0. The Bertz CT molecular complexity index is 1010. The molecule has 1 aliphatic rings. The Balaban J connectivity index is 1.83. The van der Waals surface area contributed by atoms with E-state index in [2.05, 4.69) is 25.9 Å². The molecule has 7 nitrogen and oxygen atoms in total. The summed E-state index contributed by atoms with van der Waals surface area (Å²) in [7, 11) is 0. The molecule has 0 spiro atoms. The number of Topliss-reactive ketones (excluding diaryl/α,β-unsaturated/α-hetero) is 1. The lowest BCUT2D eigenvalue weighted by Crippen LogP contribution is -2.29. The molecule has 136 valence electrons. The Morgan fingerprint density at radius 1 is 1.15 bits per heavy atom. The van der Waals surface area contributed by atoms with Gasteiger partial charge in [0.2, 0.25) is 5.91 Å². The number of fused-ring (bicyclic) bond motifs is 1. The number of benzene rings is 1. The number of amides is 1. The predicted octanol–water partition coefficient (Wildman–Crippen LogP) is 3.06. The van der Waals surface area contributed by atoms with E-state index in [4.69, 9.17) is 0 Å². The second-order valence-corrected chi connectivity index (χ2v) is 6.36. The number of pyridine rings is 1. The van der Waals surface area contributed by atoms with Gasteiger partial charge in [-0.3, -0.25) is 9.59 Å². The van der Waals surface area contributed by atoms with E-state index in [0.29, 0.717) is 24.5 Å². The summed E-state index contributed by atoms with van der Waals surface area (Å²) in [6, 6.07) is 13.3. The molecule has 7 heteroatoms. The second-order valence-electron chi connectivity index (χ2n) is 6.36. The van der Waals surface area contributed by atoms with Gasteiger partial charge in [-0.1, -0.05) is 18.2 Å². The van der Waals surface area contributed by atoms with Crippen LogP contribution >= 0.6 is 0 Å². The predicted molar refractivity (Wildman–Crippen MR) is 104 cm³/mol. The van der Waals surface area contributed by atoms with Gasteiger partial charge in [0, 0.05) is 36.6 Å². The number of hydrogen-bond donors (Lipinski definition) is 4. The van der Waals surface area contributed by atoms with Gasteiger partial charge >= 0.3 is 0 Å². The molecule has 0 bridgehead atoms. The average Bonchev–Trinajstić information content (AvgIpc) is 3.02. The maximum atomic E-state index is 12.6. The van der Waals surface area contributed by atoms with Crippen LogP contribution in [-0.4, -0.2) is 28.2 Å². The third-order valence-electron chi connectivity index (χ3n) is 4.34. The molecule has 4 N–H and O–H groups in total. The number of anilines is 3. The summed E-state index contributed by atoms with van der Waals surface area (Å²) in [4.78, 5) is 31.4. The minimum atomic E-state index is -0.188. The Morgan fingerprint density at radius 2 is 1.96 bits per heavy atom. The molecule has 0 saturated carbocycles. The first-order chi connectivity index (χ1) is 13.1. The molecule has 1 amide bonds. The third kappa shape index (κ3) is 3.45. The fourth-order valence-electron chi connectivity index (χ4n) is 3.22. The van der Waals surface area contributed by atoms with Crippen LogP contribution in [-0.2, 0) is 11.3 Å². The SMILES string of the molecule is CC(=O)Nc1cc(-c2[nH]c3c(c2Nc2ccccc2)C(=O)CNC3)ccn1. The van der Waals surface area contributed by atoms with Crippen LogP contribution < -0.4 is 16.0 Å². The molecule has 0 fully saturated rings. The Kier molecular flexibility index (Phi) is 4.43. The maximum Gasteiger partial charge on any atom is 0.222 e. The number of para-hydroxylation sites is 1. The van der Waals surface area contributed by atoms with Crippen molar-refractivity contribution in [2.45, 2.75) is 13.5 Å². The van der Waals surface area contributed by atoms with Gasteiger partial charge in [0.1, 0.15) is 5.82 Å². The summed E-state index contributed by atoms with van der Waals surface area (Å²) in [6.45, 7) is 2.34. The number of carbonyl (C=O) groups is 2. The molecule has 0 saturated heterocycles. The smallest absolute Gasteiger partial charge is 0.222 e. The van der Waals surface area contributed by atoms with Gasteiger partial charge in [-0.15, -0.1) is 0 Å². The van der Waals surface area contributed by atoms with Crippen molar-refractivity contribution >= 4 is 28.9 Å². The monoisotopic (exact) mass is 361 g/mol. The minimum Gasteiger partial charge on any atom is -0.355 e. The van der Waals surface area contributed by atoms with Gasteiger partial charge in [0.05, 0.1) is 23.5 Å². The third-order valence-corrected chi connectivity index (χ3v) is 4.34. The molecule has 0 radical (unpaired) electrons. The van der Waals surface area contributed by atoms with E-state index in [1.54, 1.807) is 12.3 Å². The number of aromatic nitrogens is 2. The number of ketones is 1. The number of nitrogens with one attached hydrogen (secondary N) is 4. The maximum absolute atomic E-state index is 12.6. The normalized spacial score (nSPS) is 13.1. The summed E-state index contributed by atoms with van der Waals surface area (Å²) in [6.07, 6.45) is 1.63. The number of aromatic amines is 1. The van der Waals surface area contributed by atoms with Crippen molar-refractivity contribution in [3.8, 4) is 11.3 Å². The fraction of sp³-hybridized carbons (Fsp3) is 0.150. The number of rotatable bonds is 4. The van der Waals surface area contributed by atoms with E-state index in [1.165, 1.54) is 6.92 Å². The Hall–Kier alpha value is -3.45. The highest BCUT2D eigenvalue weighted by molar-refractivity contribution is 6.08. The van der Waals surface area contributed by atoms with E-state index >= 15 is 0 Å². The molecule has 27 heavy (non-hydrogen) atoms. The average molecular weight is 361 g/mol. The van der Waals surface area contributed by atoms with Gasteiger partial charge in [-0.25, -0.2) is 4.98 Å². The Morgan fingerprint density at radius 3 is 2.74 bits per heavy atom. The number of hydrogen-bond acceptors (Lipinski definition) is 5. The quantitative estimate of drug-likeness (QED) is 0.572. The molecule has 1 aliphatic heterocycles. The van der Waals surface area contributed by atoms with Crippen LogP contribution in [0.15, 0.2) is 48.7 Å². The van der Waals surface area contributed by atoms with Crippen molar-refractivity contribution in [1.82, 2.24) is 15.3 Å². The molecule has 3 heterocycles. The van der Waals surface area contributed by atoms with Gasteiger partial charge in [0.25, 0.3) is 0 Å². The van der Waals surface area contributed by atoms with E-state index in [-0.39, 0.29) is 11.7 Å². The van der Waals surface area contributed by atoms with E-state index < -0.39 is 0 Å². The topological polar surface area (TPSA) is 98.9 Å². The van der Waals surface area contributed by atoms with Crippen LogP contribution in [0.5, 0.6) is 0 Å². The van der Waals surface area contributed by atoms with Gasteiger partial charge in [-0.2, -0.15) is 0 Å². The molecule has 2 aromatic heterocycles. The van der Waals surface area contributed by atoms with Crippen molar-refractivity contribution in [3.05, 3.63) is 59.9 Å². The van der Waals surface area contributed by atoms with Crippen molar-refractivity contribution in [1.29, 1.82) is 0 Å². The van der Waals surface area contributed by atoms with Crippen molar-refractivity contribution in [3.63, 3.8) is 0 Å². The second kappa shape index (κ2) is 7.05. The minimum absolute atomic E-state index is 0.0355. The number of nitrogens with zero attached hydrogens (tertiary/aromatic N) is 1. The van der Waals surface area contributed by atoms with Crippen LogP contribution in [0, 0.1) is 0 Å². The summed E-state index contributed by atoms with van der Waals surface area (Å²) >= 11 is 0. The highest BCUT2D eigenvalue weighted by Gasteiger charge is 2.26. The van der Waals surface area contributed by atoms with Crippen molar-refractivity contribution in [2.24, 2.45) is 0 Å². The van der Waals surface area contributed by atoms with Crippen LogP contribution in [0.4, 0.5) is 17.2 Å². The van der Waals surface area contributed by atoms with Crippen LogP contribution in [0.2, 0.25) is 0 Å². The zero-order valence-electron chi connectivity index (χ0n) is 14.8. The highest BCUT2D eigenvalue weighted by atomic mass is 16.1. The van der Waals surface area contributed by atoms with E-state index in [0.717, 1.165) is 28.3 Å². The molecule has 0 atom stereocenters. The molecule has 0 aliphatic carbocycles. The fourth-order valence-corrected chi connectivity index (χ4v) is 3.22. The lowest BCUT2D eigenvalue weighted by molar-refractivity contribution is -0.114. The first-order valence-corrected chi connectivity index (χ1v) is 8.66. The Labute approximate surface area is 156 Å².